The number of hydrogen-bond acceptors (Lipinski definition) is 2. The molecule has 23 heavy (non-hydrogen) atoms. The van der Waals surface area contributed by atoms with Crippen molar-refractivity contribution in [2.75, 3.05) is 13.6 Å². The van der Waals surface area contributed by atoms with Crippen molar-refractivity contribution in [2.45, 2.75) is 66.5 Å². The summed E-state index contributed by atoms with van der Waals surface area (Å²) in [7, 11) is 1.82. The highest BCUT2D eigenvalue weighted by Crippen LogP contribution is 2.11. The van der Waals surface area contributed by atoms with Gasteiger partial charge in [0.15, 0.2) is 5.96 Å². The molecule has 1 atom stereocenters. The zero-order chi connectivity index (χ0) is 17.1. The van der Waals surface area contributed by atoms with Crippen molar-refractivity contribution in [3.63, 3.8) is 0 Å². The average Bonchev–Trinajstić information content (AvgIpc) is 2.96. The fourth-order valence-corrected chi connectivity index (χ4v) is 2.63. The summed E-state index contributed by atoms with van der Waals surface area (Å²) in [5, 5.41) is 6.83. The van der Waals surface area contributed by atoms with Gasteiger partial charge in [-0.1, -0.05) is 47.0 Å². The smallest absolute Gasteiger partial charge is 0.191 e. The topological polar surface area (TPSA) is 54.2 Å². The van der Waals surface area contributed by atoms with Crippen LogP contribution in [0, 0.1) is 11.8 Å². The van der Waals surface area contributed by atoms with Crippen LogP contribution < -0.4 is 10.6 Å². The molecule has 0 aliphatic heterocycles. The van der Waals surface area contributed by atoms with Crippen LogP contribution in [0.3, 0.4) is 0 Å². The Labute approximate surface area is 142 Å². The predicted octanol–water partition coefficient (Wildman–Crippen LogP) is 3.42. The van der Waals surface area contributed by atoms with Crippen LogP contribution in [0.15, 0.2) is 17.4 Å². The second kappa shape index (κ2) is 11.1. The third kappa shape index (κ3) is 7.53. The van der Waals surface area contributed by atoms with Crippen LogP contribution in [0.2, 0.25) is 0 Å². The summed E-state index contributed by atoms with van der Waals surface area (Å²) in [6, 6.07) is 0. The number of imidazole rings is 1. The Morgan fingerprint density at radius 1 is 1.30 bits per heavy atom. The average molecular weight is 322 g/mol. The van der Waals surface area contributed by atoms with Crippen LogP contribution in [0.1, 0.15) is 59.2 Å². The largest absolute Gasteiger partial charge is 0.356 e. The van der Waals surface area contributed by atoms with Gasteiger partial charge in [0.2, 0.25) is 0 Å². The Balaban J connectivity index is 2.44. The molecule has 1 rings (SSSR count). The molecule has 0 bridgehead atoms. The van der Waals surface area contributed by atoms with E-state index in [1.807, 2.05) is 19.4 Å². The van der Waals surface area contributed by atoms with Crippen LogP contribution in [-0.4, -0.2) is 29.1 Å². The summed E-state index contributed by atoms with van der Waals surface area (Å²) in [4.78, 5) is 8.77. The van der Waals surface area contributed by atoms with Crippen LogP contribution in [0.25, 0.3) is 0 Å². The lowest BCUT2D eigenvalue weighted by atomic mass is 9.99. The fraction of sp³-hybridized carbons (Fsp3) is 0.778. The second-order valence-corrected chi connectivity index (χ2v) is 6.61. The maximum Gasteiger partial charge on any atom is 0.191 e. The van der Waals surface area contributed by atoms with Crippen LogP contribution in [-0.2, 0) is 13.1 Å². The molecule has 0 spiro atoms. The lowest BCUT2D eigenvalue weighted by molar-refractivity contribution is 0.443. The molecule has 0 aliphatic rings. The van der Waals surface area contributed by atoms with Gasteiger partial charge in [-0.15, -0.1) is 0 Å². The van der Waals surface area contributed by atoms with E-state index in [4.69, 9.17) is 0 Å². The number of hydrogen-bond donors (Lipinski definition) is 2. The van der Waals surface area contributed by atoms with Gasteiger partial charge in [-0.05, 0) is 18.3 Å². The lowest BCUT2D eigenvalue weighted by Gasteiger charge is -2.18. The van der Waals surface area contributed by atoms with Gasteiger partial charge in [0, 0.05) is 32.5 Å². The van der Waals surface area contributed by atoms with E-state index < -0.39 is 0 Å². The van der Waals surface area contributed by atoms with E-state index in [1.165, 1.54) is 25.7 Å². The summed E-state index contributed by atoms with van der Waals surface area (Å²) < 4.78 is 2.21. The van der Waals surface area contributed by atoms with Crippen molar-refractivity contribution in [2.24, 2.45) is 16.8 Å². The van der Waals surface area contributed by atoms with Gasteiger partial charge in [0.25, 0.3) is 0 Å². The molecule has 132 valence electrons. The van der Waals surface area contributed by atoms with Crippen molar-refractivity contribution in [3.05, 3.63) is 18.2 Å². The van der Waals surface area contributed by atoms with E-state index in [0.717, 1.165) is 30.8 Å². The third-order valence-corrected chi connectivity index (χ3v) is 4.10. The minimum absolute atomic E-state index is 0.615. The van der Waals surface area contributed by atoms with Crippen LogP contribution in [0.4, 0.5) is 0 Å². The standard InChI is InChI=1S/C18H35N5/c1-6-8-9-16(7-2)12-21-18(19-5)22-13-17-20-10-11-23(17)14-15(3)4/h10-11,15-16H,6-9,12-14H2,1-5H3,(H2,19,21,22). The quantitative estimate of drug-likeness (QED) is 0.513. The summed E-state index contributed by atoms with van der Waals surface area (Å²) in [5.74, 6) is 3.25. The summed E-state index contributed by atoms with van der Waals surface area (Å²) >= 11 is 0. The first-order valence-electron chi connectivity index (χ1n) is 9.05. The molecule has 0 saturated carbocycles. The summed E-state index contributed by atoms with van der Waals surface area (Å²) in [6.45, 7) is 11.6. The number of aromatic nitrogens is 2. The molecular weight excluding hydrogens is 286 g/mol. The van der Waals surface area contributed by atoms with E-state index in [9.17, 15) is 0 Å². The highest BCUT2D eigenvalue weighted by molar-refractivity contribution is 5.79. The molecule has 0 radical (unpaired) electrons. The van der Waals surface area contributed by atoms with Crippen molar-refractivity contribution in [1.29, 1.82) is 0 Å². The molecule has 0 saturated heterocycles. The van der Waals surface area contributed by atoms with Crippen LogP contribution in [0.5, 0.6) is 0 Å². The van der Waals surface area contributed by atoms with E-state index >= 15 is 0 Å². The molecule has 1 unspecified atom stereocenters. The van der Waals surface area contributed by atoms with Gasteiger partial charge in [-0.25, -0.2) is 4.98 Å². The normalized spacial score (nSPS) is 13.4. The molecule has 1 aromatic heterocycles. The molecule has 2 N–H and O–H groups in total. The number of aliphatic imine (C=N–C) groups is 1. The maximum absolute atomic E-state index is 4.45. The zero-order valence-electron chi connectivity index (χ0n) is 15.6. The third-order valence-electron chi connectivity index (χ3n) is 4.10. The van der Waals surface area contributed by atoms with Crippen molar-refractivity contribution in [3.8, 4) is 0 Å². The molecule has 1 heterocycles. The van der Waals surface area contributed by atoms with Crippen LogP contribution >= 0.6 is 0 Å². The Kier molecular flexibility index (Phi) is 9.41. The molecule has 0 fully saturated rings. The number of nitrogens with one attached hydrogen (secondary N) is 2. The Bertz CT molecular complexity index is 450. The highest BCUT2D eigenvalue weighted by Gasteiger charge is 2.08. The Morgan fingerprint density at radius 2 is 2.09 bits per heavy atom. The molecule has 0 amide bonds. The molecular formula is C18H35N5. The minimum Gasteiger partial charge on any atom is -0.356 e. The van der Waals surface area contributed by atoms with E-state index in [0.29, 0.717) is 12.5 Å². The van der Waals surface area contributed by atoms with Gasteiger partial charge in [-0.2, -0.15) is 0 Å². The number of nitrogens with zero attached hydrogens (tertiary/aromatic N) is 3. The number of unbranched alkanes of at least 4 members (excludes halogenated alkanes) is 1. The fourth-order valence-electron chi connectivity index (χ4n) is 2.63. The van der Waals surface area contributed by atoms with Gasteiger partial charge >= 0.3 is 0 Å². The SMILES string of the molecule is CCCCC(CC)CNC(=NC)NCc1nccn1CC(C)C. The van der Waals surface area contributed by atoms with Gasteiger partial charge in [0.05, 0.1) is 6.54 Å². The van der Waals surface area contributed by atoms with Crippen molar-refractivity contribution < 1.29 is 0 Å². The zero-order valence-corrected chi connectivity index (χ0v) is 15.6. The summed E-state index contributed by atoms with van der Waals surface area (Å²) in [6.07, 6.45) is 8.98. The molecule has 5 heteroatoms. The monoisotopic (exact) mass is 321 g/mol. The number of rotatable bonds is 10. The highest BCUT2D eigenvalue weighted by atomic mass is 15.2. The Hall–Kier alpha value is -1.52. The lowest BCUT2D eigenvalue weighted by Crippen LogP contribution is -2.39. The van der Waals surface area contributed by atoms with E-state index in [-0.39, 0.29) is 0 Å². The van der Waals surface area contributed by atoms with Gasteiger partial charge in [-0.3, -0.25) is 4.99 Å². The maximum atomic E-state index is 4.45. The molecule has 1 aromatic rings. The van der Waals surface area contributed by atoms with E-state index in [1.54, 1.807) is 0 Å². The minimum atomic E-state index is 0.615. The number of guanidine groups is 1. The second-order valence-electron chi connectivity index (χ2n) is 6.61. The summed E-state index contributed by atoms with van der Waals surface area (Å²) in [5.41, 5.74) is 0. The van der Waals surface area contributed by atoms with Gasteiger partial charge in [0.1, 0.15) is 5.82 Å². The molecule has 5 nitrogen and oxygen atoms in total. The van der Waals surface area contributed by atoms with Gasteiger partial charge < -0.3 is 15.2 Å². The first-order chi connectivity index (χ1) is 11.1. The van der Waals surface area contributed by atoms with E-state index in [2.05, 4.69) is 52.9 Å². The van der Waals surface area contributed by atoms with Crippen molar-refractivity contribution >= 4 is 5.96 Å². The molecule has 0 aliphatic carbocycles. The first kappa shape index (κ1) is 19.5. The predicted molar refractivity (Wildman–Crippen MR) is 98.6 cm³/mol. The molecule has 0 aromatic carbocycles. The Morgan fingerprint density at radius 3 is 2.70 bits per heavy atom. The van der Waals surface area contributed by atoms with Crippen molar-refractivity contribution in [1.82, 2.24) is 20.2 Å². The first-order valence-corrected chi connectivity index (χ1v) is 9.05.